The smallest absolute Gasteiger partial charge is 1.00 e. The minimum absolute atomic E-state index is 0. The van der Waals surface area contributed by atoms with Crippen molar-refractivity contribution in [2.45, 2.75) is 0 Å². The van der Waals surface area contributed by atoms with Crippen molar-refractivity contribution < 1.29 is 213 Å². The van der Waals surface area contributed by atoms with Gasteiger partial charge in [0, 0.05) is 19.5 Å². The Kier molecular flexibility index (Phi) is 75.7. The van der Waals surface area contributed by atoms with Crippen LogP contribution in [0.1, 0.15) is 1.43 Å². The Morgan fingerprint density at radius 2 is 0.217 bits per heavy atom. The van der Waals surface area contributed by atoms with E-state index < -0.39 is 83.2 Å². The summed E-state index contributed by atoms with van der Waals surface area (Å²) in [6.07, 6.45) is 0. The SMILES string of the molecule is O.O.O.O.O=S(=O)(O)O.O=S(=O)(O)O.O=S(=O)(O)O.O=S(=O)(O)O.O=S(=O)(O)O.O=S(=O)(O)O.O=S(=O)(O)O.O=S(=O)(O)O.[H-].[Na+].[Zn]. The summed E-state index contributed by atoms with van der Waals surface area (Å²) in [7, 11) is -37.3. The molecular formula is H25NaO36S8Zn. The molecule has 0 aliphatic rings. The van der Waals surface area contributed by atoms with Crippen LogP contribution in [0, 0.1) is 0 Å². The van der Waals surface area contributed by atoms with Gasteiger partial charge in [-0.15, -0.1) is 0 Å². The van der Waals surface area contributed by atoms with Crippen molar-refractivity contribution in [3.8, 4) is 0 Å². The van der Waals surface area contributed by atoms with Crippen LogP contribution in [0.2, 0.25) is 0 Å². The van der Waals surface area contributed by atoms with Crippen molar-refractivity contribution in [1.82, 2.24) is 0 Å². The Morgan fingerprint density at radius 1 is 0.217 bits per heavy atom. The predicted octanol–water partition coefficient (Wildman–Crippen LogP) is -11.4. The Bertz CT molecular complexity index is 1080. The van der Waals surface area contributed by atoms with Gasteiger partial charge in [0.05, 0.1) is 0 Å². The van der Waals surface area contributed by atoms with E-state index in [4.69, 9.17) is 140 Å². The third-order valence-electron chi connectivity index (χ3n) is 0. The Hall–Kier alpha value is 0.423. The van der Waals surface area contributed by atoms with E-state index in [1.165, 1.54) is 0 Å². The van der Waals surface area contributed by atoms with Crippen molar-refractivity contribution in [3.05, 3.63) is 0 Å². The van der Waals surface area contributed by atoms with E-state index >= 15 is 0 Å². The van der Waals surface area contributed by atoms with Gasteiger partial charge >= 0.3 is 113 Å². The van der Waals surface area contributed by atoms with Crippen LogP contribution in [0.5, 0.6) is 0 Å². The van der Waals surface area contributed by atoms with Gasteiger partial charge in [-0.25, -0.2) is 0 Å². The van der Waals surface area contributed by atoms with E-state index in [0.29, 0.717) is 0 Å². The summed E-state index contributed by atoms with van der Waals surface area (Å²) in [6, 6.07) is 0. The molecule has 0 unspecified atom stereocenters. The van der Waals surface area contributed by atoms with Gasteiger partial charge in [0.1, 0.15) is 0 Å². The first-order chi connectivity index (χ1) is 16.0. The van der Waals surface area contributed by atoms with Gasteiger partial charge < -0.3 is 23.3 Å². The predicted molar refractivity (Wildman–Crippen MR) is 129 cm³/mol. The molecule has 292 valence electrons. The van der Waals surface area contributed by atoms with E-state index in [-0.39, 0.29) is 72.4 Å². The topological polar surface area (TPSA) is 723 Å². The van der Waals surface area contributed by atoms with Gasteiger partial charge in [-0.3, -0.25) is 72.8 Å². The quantitative estimate of drug-likeness (QED) is 0.0792. The Morgan fingerprint density at radius 3 is 0.217 bits per heavy atom. The van der Waals surface area contributed by atoms with Gasteiger partial charge in [-0.2, -0.15) is 67.3 Å². The summed E-state index contributed by atoms with van der Waals surface area (Å²) in [5, 5.41) is 0. The number of rotatable bonds is 0. The zero-order valence-corrected chi connectivity index (χ0v) is 32.2. The fraction of sp³-hybridized carbons (Fsp3) is 0. The number of hydrogen-bond donors (Lipinski definition) is 16. The third-order valence-corrected chi connectivity index (χ3v) is 0. The summed E-state index contributed by atoms with van der Waals surface area (Å²) in [5.41, 5.74) is 0. The Labute approximate surface area is 293 Å². The van der Waals surface area contributed by atoms with Crippen LogP contribution < -0.4 is 29.6 Å². The third kappa shape index (κ3) is 467000. The molecule has 0 radical (unpaired) electrons. The second kappa shape index (κ2) is 38.2. The van der Waals surface area contributed by atoms with Crippen molar-refractivity contribution in [3.63, 3.8) is 0 Å². The van der Waals surface area contributed by atoms with Crippen LogP contribution in [0.3, 0.4) is 0 Å². The van der Waals surface area contributed by atoms with E-state index in [0.717, 1.165) is 0 Å². The zero-order chi connectivity index (χ0) is 36.0. The van der Waals surface area contributed by atoms with Crippen LogP contribution in [0.15, 0.2) is 0 Å². The molecule has 0 heterocycles. The van der Waals surface area contributed by atoms with Gasteiger partial charge in [-0.1, -0.05) is 0 Å². The maximum Gasteiger partial charge on any atom is 1.00 e. The molecule has 0 fully saturated rings. The van der Waals surface area contributed by atoms with Gasteiger partial charge in [-0.05, 0) is 0 Å². The van der Waals surface area contributed by atoms with E-state index in [1.54, 1.807) is 0 Å². The first-order valence-corrected chi connectivity index (χ1v) is 16.8. The van der Waals surface area contributed by atoms with E-state index in [9.17, 15) is 0 Å². The van der Waals surface area contributed by atoms with Crippen LogP contribution in [-0.4, -0.2) is 162 Å². The molecule has 0 spiro atoms. The molecule has 0 bridgehead atoms. The van der Waals surface area contributed by atoms with Crippen LogP contribution in [-0.2, 0) is 103 Å². The van der Waals surface area contributed by atoms with Crippen LogP contribution in [0.25, 0.3) is 0 Å². The van der Waals surface area contributed by atoms with Gasteiger partial charge in [0.15, 0.2) is 0 Å². The van der Waals surface area contributed by atoms with Crippen molar-refractivity contribution in [1.29, 1.82) is 0 Å². The summed E-state index contributed by atoms with van der Waals surface area (Å²) < 4.78 is 253. The normalized spacial score (nSPS) is 10.1. The molecular weight excluding hydrogens is 921 g/mol. The second-order valence-corrected chi connectivity index (χ2v) is 10.7. The molecule has 0 saturated heterocycles. The minimum Gasteiger partial charge on any atom is -1.00 e. The molecule has 0 aliphatic carbocycles. The summed E-state index contributed by atoms with van der Waals surface area (Å²) >= 11 is 0. The zero-order valence-electron chi connectivity index (χ0n) is 21.7. The number of hydrogen-bond acceptors (Lipinski definition) is 16. The molecule has 0 rings (SSSR count). The molecule has 46 heteroatoms. The first-order valence-electron chi connectivity index (χ1n) is 5.59. The van der Waals surface area contributed by atoms with Gasteiger partial charge in [0.25, 0.3) is 0 Å². The first kappa shape index (κ1) is 91.1. The largest absolute Gasteiger partial charge is 1.00 e. The molecule has 0 aliphatic heterocycles. The molecule has 0 aromatic heterocycles. The molecule has 0 atom stereocenters. The maximum atomic E-state index is 8.74. The van der Waals surface area contributed by atoms with Crippen molar-refractivity contribution >= 4 is 83.2 Å². The molecule has 24 N–H and O–H groups in total. The van der Waals surface area contributed by atoms with Crippen LogP contribution in [0.4, 0.5) is 0 Å². The summed E-state index contributed by atoms with van der Waals surface area (Å²) in [4.78, 5) is 0. The van der Waals surface area contributed by atoms with Crippen LogP contribution >= 0.6 is 0 Å². The minimum atomic E-state index is -4.67. The molecule has 0 aromatic carbocycles. The average molecular weight is 946 g/mol. The molecule has 46 heavy (non-hydrogen) atoms. The monoisotopic (exact) mass is 944 g/mol. The fourth-order valence-electron chi connectivity index (χ4n) is 0. The molecule has 0 saturated carbocycles. The maximum absolute atomic E-state index is 8.74. The second-order valence-electron chi connectivity index (χ2n) is 3.58. The van der Waals surface area contributed by atoms with Crippen molar-refractivity contribution in [2.24, 2.45) is 0 Å². The molecule has 36 nitrogen and oxygen atoms in total. The van der Waals surface area contributed by atoms with Gasteiger partial charge in [0.2, 0.25) is 0 Å². The Balaban J connectivity index is -0.0000000188. The summed E-state index contributed by atoms with van der Waals surface area (Å²) in [5.74, 6) is 0. The van der Waals surface area contributed by atoms with E-state index in [2.05, 4.69) is 0 Å². The van der Waals surface area contributed by atoms with Crippen molar-refractivity contribution in [2.75, 3.05) is 0 Å². The molecule has 0 amide bonds. The molecule has 0 aromatic rings. The standard InChI is InChI=1S/Na.8H2O4S.4H2O.Zn.H/c;8*1-5(2,3)4;;;;;;/h;8*(H2,1,2,3,4);4*1H2;;/q+1;;;;;;;;;;;;;;-1. The fourth-order valence-corrected chi connectivity index (χ4v) is 0. The summed E-state index contributed by atoms with van der Waals surface area (Å²) in [6.45, 7) is 0. The van der Waals surface area contributed by atoms with E-state index in [1.807, 2.05) is 0 Å². The average Bonchev–Trinajstić information content (AvgIpc) is 2.16.